The minimum Gasteiger partial charge on any atom is -0.339 e. The number of aryl methyl sites for hydroxylation is 2. The molecule has 2 aromatic carbocycles. The maximum absolute atomic E-state index is 12.2. The number of benzene rings is 2. The van der Waals surface area contributed by atoms with Crippen molar-refractivity contribution in [3.8, 4) is 11.4 Å². The van der Waals surface area contributed by atoms with E-state index in [9.17, 15) is 4.79 Å². The number of anilines is 1. The summed E-state index contributed by atoms with van der Waals surface area (Å²) in [6.45, 7) is 6.20. The molecule has 3 aromatic rings. The summed E-state index contributed by atoms with van der Waals surface area (Å²) in [5, 5.41) is 7.53. The Hall–Kier alpha value is -2.66. The van der Waals surface area contributed by atoms with Crippen LogP contribution in [0, 0.1) is 6.92 Å². The normalized spacial score (nSPS) is 11.0. The van der Waals surface area contributed by atoms with Gasteiger partial charge in [0.05, 0.1) is 0 Å². The number of hydrogen-bond acceptors (Lipinski definition) is 4. The second kappa shape index (κ2) is 8.35. The molecule has 3 rings (SSSR count). The largest absolute Gasteiger partial charge is 0.339 e. The highest BCUT2D eigenvalue weighted by atomic mass is 35.5. The maximum Gasteiger partial charge on any atom is 0.227 e. The molecule has 27 heavy (non-hydrogen) atoms. The summed E-state index contributed by atoms with van der Waals surface area (Å²) < 4.78 is 5.28. The highest BCUT2D eigenvalue weighted by Crippen LogP contribution is 2.22. The van der Waals surface area contributed by atoms with Gasteiger partial charge in [-0.25, -0.2) is 0 Å². The lowest BCUT2D eigenvalue weighted by atomic mass is 10.0. The van der Waals surface area contributed by atoms with E-state index in [2.05, 4.69) is 41.4 Å². The molecule has 0 bridgehead atoms. The van der Waals surface area contributed by atoms with Crippen molar-refractivity contribution in [3.63, 3.8) is 0 Å². The van der Waals surface area contributed by atoms with E-state index in [1.807, 2.05) is 25.1 Å². The number of carbonyl (C=O) groups is 1. The molecule has 0 spiro atoms. The van der Waals surface area contributed by atoms with Crippen LogP contribution in [0.15, 0.2) is 47.0 Å². The summed E-state index contributed by atoms with van der Waals surface area (Å²) in [5.74, 6) is 1.35. The van der Waals surface area contributed by atoms with Crippen molar-refractivity contribution in [1.82, 2.24) is 10.1 Å². The highest BCUT2D eigenvalue weighted by Gasteiger charge is 2.12. The van der Waals surface area contributed by atoms with Crippen LogP contribution in [0.25, 0.3) is 11.4 Å². The van der Waals surface area contributed by atoms with E-state index < -0.39 is 0 Å². The lowest BCUT2D eigenvalue weighted by Gasteiger charge is -2.07. The zero-order valence-corrected chi connectivity index (χ0v) is 16.4. The number of aromatic nitrogens is 2. The predicted molar refractivity (Wildman–Crippen MR) is 107 cm³/mol. The molecule has 0 aliphatic heterocycles. The molecule has 0 saturated heterocycles. The molecule has 0 aliphatic carbocycles. The zero-order valence-electron chi connectivity index (χ0n) is 15.6. The third-order valence-electron chi connectivity index (χ3n) is 4.33. The number of halogens is 1. The van der Waals surface area contributed by atoms with Gasteiger partial charge < -0.3 is 9.84 Å². The van der Waals surface area contributed by atoms with Gasteiger partial charge >= 0.3 is 0 Å². The average Bonchev–Trinajstić information content (AvgIpc) is 3.11. The van der Waals surface area contributed by atoms with E-state index in [1.165, 1.54) is 5.56 Å². The van der Waals surface area contributed by atoms with Gasteiger partial charge in [-0.15, -0.1) is 0 Å². The summed E-state index contributed by atoms with van der Waals surface area (Å²) in [6, 6.07) is 13.5. The van der Waals surface area contributed by atoms with Crippen molar-refractivity contribution in [2.24, 2.45) is 0 Å². The van der Waals surface area contributed by atoms with Crippen molar-refractivity contribution in [1.29, 1.82) is 0 Å². The Bertz CT molecular complexity index is 933. The van der Waals surface area contributed by atoms with E-state index in [0.717, 1.165) is 16.8 Å². The second-order valence-electron chi connectivity index (χ2n) is 6.80. The third-order valence-corrected chi connectivity index (χ3v) is 4.57. The zero-order chi connectivity index (χ0) is 19.4. The molecule has 1 amide bonds. The smallest absolute Gasteiger partial charge is 0.227 e. The van der Waals surface area contributed by atoms with E-state index in [1.54, 1.807) is 12.1 Å². The van der Waals surface area contributed by atoms with Gasteiger partial charge in [0.25, 0.3) is 0 Å². The van der Waals surface area contributed by atoms with Gasteiger partial charge in [-0.2, -0.15) is 4.98 Å². The molecule has 0 saturated carbocycles. The molecular formula is C21H22ClN3O2. The SMILES string of the molecule is Cc1cc(Cl)ccc1NC(=O)CCc1nc(-c2ccc(C(C)C)cc2)no1. The molecule has 0 radical (unpaired) electrons. The molecule has 140 valence electrons. The Labute approximate surface area is 163 Å². The van der Waals surface area contributed by atoms with Crippen molar-refractivity contribution in [3.05, 3.63) is 64.5 Å². The van der Waals surface area contributed by atoms with Crippen LogP contribution < -0.4 is 5.32 Å². The average molecular weight is 384 g/mol. The van der Waals surface area contributed by atoms with E-state index >= 15 is 0 Å². The molecule has 6 heteroatoms. The summed E-state index contributed by atoms with van der Waals surface area (Å²) >= 11 is 5.93. The van der Waals surface area contributed by atoms with Crippen molar-refractivity contribution in [2.45, 2.75) is 39.5 Å². The number of rotatable bonds is 6. The molecule has 0 aliphatic rings. The fourth-order valence-corrected chi connectivity index (χ4v) is 2.92. The van der Waals surface area contributed by atoms with Crippen LogP contribution in [0.2, 0.25) is 5.02 Å². The number of carbonyl (C=O) groups excluding carboxylic acids is 1. The monoisotopic (exact) mass is 383 g/mol. The summed E-state index contributed by atoms with van der Waals surface area (Å²) in [6.07, 6.45) is 0.644. The van der Waals surface area contributed by atoms with Gasteiger partial charge in [0.1, 0.15) is 0 Å². The lowest BCUT2D eigenvalue weighted by Crippen LogP contribution is -2.13. The van der Waals surface area contributed by atoms with Crippen LogP contribution in [0.3, 0.4) is 0 Å². The third kappa shape index (κ3) is 4.95. The van der Waals surface area contributed by atoms with Crippen molar-refractivity contribution < 1.29 is 9.32 Å². The first-order chi connectivity index (χ1) is 12.9. The molecule has 1 aromatic heterocycles. The minimum absolute atomic E-state index is 0.110. The van der Waals surface area contributed by atoms with Gasteiger partial charge in [-0.3, -0.25) is 4.79 Å². The first-order valence-corrected chi connectivity index (χ1v) is 9.29. The highest BCUT2D eigenvalue weighted by molar-refractivity contribution is 6.30. The van der Waals surface area contributed by atoms with Crippen LogP contribution in [-0.2, 0) is 11.2 Å². The molecule has 1 N–H and O–H groups in total. The number of nitrogens with one attached hydrogen (secondary N) is 1. The van der Waals surface area contributed by atoms with Crippen LogP contribution in [0.1, 0.15) is 43.2 Å². The van der Waals surface area contributed by atoms with Gasteiger partial charge in [0, 0.05) is 29.1 Å². The Kier molecular flexibility index (Phi) is 5.91. The quantitative estimate of drug-likeness (QED) is 0.619. The molecule has 5 nitrogen and oxygen atoms in total. The topological polar surface area (TPSA) is 68.0 Å². The second-order valence-corrected chi connectivity index (χ2v) is 7.23. The molecular weight excluding hydrogens is 362 g/mol. The van der Waals surface area contributed by atoms with Gasteiger partial charge in [-0.05, 0) is 42.2 Å². The Morgan fingerprint density at radius 3 is 2.59 bits per heavy atom. The maximum atomic E-state index is 12.2. The number of amides is 1. The molecule has 0 unspecified atom stereocenters. The Morgan fingerprint density at radius 2 is 1.93 bits per heavy atom. The first kappa shape index (κ1) is 19.1. The van der Waals surface area contributed by atoms with Crippen LogP contribution in [0.4, 0.5) is 5.69 Å². The molecule has 1 heterocycles. The van der Waals surface area contributed by atoms with E-state index in [0.29, 0.717) is 29.1 Å². The Morgan fingerprint density at radius 1 is 1.19 bits per heavy atom. The van der Waals surface area contributed by atoms with Crippen LogP contribution in [0.5, 0.6) is 0 Å². The predicted octanol–water partition coefficient (Wildman–Crippen LogP) is 5.39. The standard InChI is InChI=1S/C21H22ClN3O2/c1-13(2)15-4-6-16(7-5-15)21-24-20(27-25-21)11-10-19(26)23-18-9-8-17(22)12-14(18)3/h4-9,12-13H,10-11H2,1-3H3,(H,23,26). The fourth-order valence-electron chi connectivity index (χ4n) is 2.69. The van der Waals surface area contributed by atoms with Gasteiger partial charge in [0.15, 0.2) is 0 Å². The van der Waals surface area contributed by atoms with E-state index in [4.69, 9.17) is 16.1 Å². The Balaban J connectivity index is 1.58. The van der Waals surface area contributed by atoms with Crippen LogP contribution in [-0.4, -0.2) is 16.0 Å². The molecule has 0 fully saturated rings. The molecule has 0 atom stereocenters. The number of hydrogen-bond donors (Lipinski definition) is 1. The van der Waals surface area contributed by atoms with Crippen molar-refractivity contribution in [2.75, 3.05) is 5.32 Å². The summed E-state index contributed by atoms with van der Waals surface area (Å²) in [5.41, 5.74) is 3.83. The first-order valence-electron chi connectivity index (χ1n) is 8.91. The van der Waals surface area contributed by atoms with Crippen LogP contribution >= 0.6 is 11.6 Å². The van der Waals surface area contributed by atoms with Crippen molar-refractivity contribution >= 4 is 23.2 Å². The summed E-state index contributed by atoms with van der Waals surface area (Å²) in [4.78, 5) is 16.6. The fraction of sp³-hybridized carbons (Fsp3) is 0.286. The van der Waals surface area contributed by atoms with E-state index in [-0.39, 0.29) is 12.3 Å². The minimum atomic E-state index is -0.110. The lowest BCUT2D eigenvalue weighted by molar-refractivity contribution is -0.116. The number of nitrogens with zero attached hydrogens (tertiary/aromatic N) is 2. The van der Waals surface area contributed by atoms with Gasteiger partial charge in [-0.1, -0.05) is 54.9 Å². The summed E-state index contributed by atoms with van der Waals surface area (Å²) in [7, 11) is 0. The van der Waals surface area contributed by atoms with Gasteiger partial charge in [0.2, 0.25) is 17.6 Å².